The average Bonchev–Trinajstić information content (AvgIpc) is 2.11. The first-order chi connectivity index (χ1) is 6.07. The molecule has 0 unspecified atom stereocenters. The largest absolute Gasteiger partial charge is 0.336 e. The number of nitrogens with one attached hydrogen (secondary N) is 2. The van der Waals surface area contributed by atoms with Crippen molar-refractivity contribution in [1.29, 1.82) is 0 Å². The predicted octanol–water partition coefficient (Wildman–Crippen LogP) is 1.38. The molecule has 1 aromatic heterocycles. The second-order valence-corrected chi connectivity index (χ2v) is 2.60. The predicted molar refractivity (Wildman–Crippen MR) is 46.2 cm³/mol. The summed E-state index contributed by atoms with van der Waals surface area (Å²) in [5.41, 5.74) is 0.0814. The molecule has 0 radical (unpaired) electrons. The Balaban J connectivity index is 3.41. The molecule has 1 aromatic rings. The molecule has 0 aliphatic rings. The third kappa shape index (κ3) is 2.31. The zero-order valence-electron chi connectivity index (χ0n) is 8.20. The van der Waals surface area contributed by atoms with Crippen molar-refractivity contribution in [3.63, 3.8) is 0 Å². The Morgan fingerprint density at radius 1 is 1.73 bits per heavy atom. The molecule has 0 saturated carbocycles. The lowest BCUT2D eigenvalue weighted by atomic mass is 10.2. The molecule has 1 rings (SSSR count). The minimum absolute atomic E-state index is 0.0871. The van der Waals surface area contributed by atoms with Gasteiger partial charge in [-0.2, -0.15) is 0 Å². The van der Waals surface area contributed by atoms with Crippen molar-refractivity contribution in [3.05, 3.63) is 26.9 Å². The van der Waals surface area contributed by atoms with E-state index < -0.39 is 5.56 Å². The second-order valence-electron chi connectivity index (χ2n) is 2.23. The molecule has 0 aliphatic heterocycles. The topological polar surface area (TPSA) is 48.6 Å². The van der Waals surface area contributed by atoms with Crippen LogP contribution in [0.5, 0.6) is 0 Å². The van der Waals surface area contributed by atoms with Gasteiger partial charge in [-0.15, -0.1) is 0 Å². The van der Waals surface area contributed by atoms with Crippen LogP contribution < -0.4 is 5.56 Å². The number of aromatic amines is 2. The Hall–Kier alpha value is -0.900. The van der Waals surface area contributed by atoms with Crippen LogP contribution in [0.4, 0.5) is 0 Å². The van der Waals surface area contributed by atoms with E-state index >= 15 is 0 Å². The zero-order chi connectivity index (χ0) is 10.0. The molecular weight excluding hydrogens is 160 g/mol. The van der Waals surface area contributed by atoms with Gasteiger partial charge in [-0.25, -0.2) is 0 Å². The van der Waals surface area contributed by atoms with E-state index in [4.69, 9.17) is 15.0 Å². The first kappa shape index (κ1) is 5.71. The molecule has 1 heterocycles. The van der Waals surface area contributed by atoms with Gasteiger partial charge in [-0.1, -0.05) is 13.3 Å². The van der Waals surface area contributed by atoms with Gasteiger partial charge in [0.1, 0.15) is 0 Å². The fraction of sp³-hybridized carbons (Fsp3) is 0.429. The van der Waals surface area contributed by atoms with Crippen molar-refractivity contribution < 1.29 is 2.82 Å². The molecular formula is C7H10N2OS. The van der Waals surface area contributed by atoms with Crippen molar-refractivity contribution >= 4 is 12.2 Å². The molecule has 3 nitrogen and oxygen atoms in total. The smallest absolute Gasteiger partial charge is 0.251 e. The first-order valence-electron chi connectivity index (χ1n) is 4.34. The Morgan fingerprint density at radius 2 is 2.45 bits per heavy atom. The highest BCUT2D eigenvalue weighted by molar-refractivity contribution is 7.71. The van der Waals surface area contributed by atoms with Crippen LogP contribution in [0.1, 0.15) is 19.0 Å². The average molecular weight is 172 g/mol. The summed E-state index contributed by atoms with van der Waals surface area (Å²) >= 11 is 4.73. The molecule has 0 saturated heterocycles. The number of aryl methyl sites for hydroxylation is 1. The fourth-order valence-electron chi connectivity index (χ4n) is 0.833. The molecule has 0 atom stereocenters. The maximum atomic E-state index is 11.1. The lowest BCUT2D eigenvalue weighted by Crippen LogP contribution is -2.08. The van der Waals surface area contributed by atoms with E-state index in [2.05, 4.69) is 0 Å². The van der Waals surface area contributed by atoms with Gasteiger partial charge < -0.3 is 4.98 Å². The molecule has 0 spiro atoms. The Kier molecular flexibility index (Phi) is 1.81. The van der Waals surface area contributed by atoms with Gasteiger partial charge in [-0.3, -0.25) is 9.77 Å². The normalized spacial score (nSPS) is 12.5. The summed E-state index contributed by atoms with van der Waals surface area (Å²) < 4.78 is 14.6. The maximum Gasteiger partial charge on any atom is 0.251 e. The van der Waals surface area contributed by atoms with E-state index in [0.29, 0.717) is 17.1 Å². The van der Waals surface area contributed by atoms with Crippen molar-refractivity contribution in [2.45, 2.75) is 19.8 Å². The molecule has 0 aliphatic carbocycles. The van der Waals surface area contributed by atoms with E-state index in [0.717, 1.165) is 11.4 Å². The highest BCUT2D eigenvalue weighted by Gasteiger charge is 1.91. The molecule has 0 fully saturated rings. The summed E-state index contributed by atoms with van der Waals surface area (Å²) in [5.74, 6) is 0. The van der Waals surface area contributed by atoms with Gasteiger partial charge in [0, 0.05) is 11.8 Å². The number of H-pyrrole nitrogens is 2. The molecule has 0 amide bonds. The summed E-state index contributed by atoms with van der Waals surface area (Å²) in [6.45, 7) is 1.95. The van der Waals surface area contributed by atoms with Crippen LogP contribution >= 0.6 is 12.2 Å². The van der Waals surface area contributed by atoms with Crippen molar-refractivity contribution in [1.82, 2.24) is 9.95 Å². The van der Waals surface area contributed by atoms with E-state index in [1.807, 2.05) is 6.92 Å². The monoisotopic (exact) mass is 172 g/mol. The Labute approximate surface area is 72.4 Å². The Bertz CT molecular complexity index is 423. The van der Waals surface area contributed by atoms with E-state index in [-0.39, 0.29) is 4.77 Å². The van der Waals surface area contributed by atoms with E-state index in [9.17, 15) is 4.79 Å². The summed E-state index contributed by atoms with van der Waals surface area (Å²) in [4.78, 5) is 12.6. The third-order valence-electron chi connectivity index (χ3n) is 1.24. The van der Waals surface area contributed by atoms with Gasteiger partial charge >= 0.3 is 0 Å². The molecule has 0 bridgehead atoms. The lowest BCUT2D eigenvalue weighted by Gasteiger charge is -1.95. The highest BCUT2D eigenvalue weighted by Crippen LogP contribution is 1.93. The number of aromatic nitrogens is 2. The summed E-state index contributed by atoms with van der Waals surface area (Å²) in [6, 6.07) is 1.28. The first-order valence-corrected chi connectivity index (χ1v) is 3.85. The molecule has 11 heavy (non-hydrogen) atoms. The standard InChI is InChI=1S/C7H10N2OS/c1-2-3-5-4-6(10)9-7(11)8-5/h4H,2-3H2,1H3,(H2,8,9,10,11)/i/hD2. The molecule has 4 heteroatoms. The molecule has 60 valence electrons. The molecule has 0 aromatic carbocycles. The van der Waals surface area contributed by atoms with E-state index in [1.165, 1.54) is 6.07 Å². The van der Waals surface area contributed by atoms with Gasteiger partial charge in [-0.05, 0) is 18.6 Å². The van der Waals surface area contributed by atoms with E-state index in [1.54, 1.807) is 0 Å². The maximum absolute atomic E-state index is 11.1. The second kappa shape index (κ2) is 3.48. The van der Waals surface area contributed by atoms with Crippen molar-refractivity contribution in [2.75, 3.05) is 0 Å². The number of hydrogen-bond acceptors (Lipinski definition) is 2. The minimum atomic E-state index is -0.475. The number of hydrogen-bond donors (Lipinski definition) is 2. The number of rotatable bonds is 2. The quantitative estimate of drug-likeness (QED) is 0.662. The van der Waals surface area contributed by atoms with Gasteiger partial charge in [0.25, 0.3) is 5.56 Å². The fourth-order valence-corrected chi connectivity index (χ4v) is 1.04. The van der Waals surface area contributed by atoms with Crippen molar-refractivity contribution in [2.24, 2.45) is 0 Å². The SMILES string of the molecule is [2H]n1c(CCC)cc(=O)n([2H])c1=S. The van der Waals surface area contributed by atoms with Gasteiger partial charge in [0.15, 0.2) is 7.59 Å². The summed E-state index contributed by atoms with van der Waals surface area (Å²) in [6.07, 6.45) is 1.47. The van der Waals surface area contributed by atoms with Crippen LogP contribution in [0.2, 0.25) is 2.82 Å². The van der Waals surface area contributed by atoms with Crippen molar-refractivity contribution in [3.8, 4) is 0 Å². The summed E-state index contributed by atoms with van der Waals surface area (Å²) in [5, 5.41) is 0. The Morgan fingerprint density at radius 3 is 3.09 bits per heavy atom. The minimum Gasteiger partial charge on any atom is -0.336 e. The van der Waals surface area contributed by atoms with Crippen LogP contribution in [0.3, 0.4) is 0 Å². The van der Waals surface area contributed by atoms with Crippen LogP contribution in [-0.2, 0) is 6.42 Å². The summed E-state index contributed by atoms with van der Waals surface area (Å²) in [7, 11) is 0. The third-order valence-corrected chi connectivity index (χ3v) is 1.42. The molecule has 2 N–H and O–H groups in total. The van der Waals surface area contributed by atoms with Crippen LogP contribution in [0, 0.1) is 4.77 Å². The lowest BCUT2D eigenvalue weighted by molar-refractivity contribution is 0.861. The van der Waals surface area contributed by atoms with Gasteiger partial charge in [0.2, 0.25) is 0 Å². The van der Waals surface area contributed by atoms with Crippen LogP contribution in [0.25, 0.3) is 0 Å². The highest BCUT2D eigenvalue weighted by atomic mass is 32.1. The van der Waals surface area contributed by atoms with Gasteiger partial charge in [0.05, 0.1) is 0 Å². The van der Waals surface area contributed by atoms with Crippen LogP contribution in [0.15, 0.2) is 10.9 Å². The zero-order valence-corrected chi connectivity index (χ0v) is 7.02. The van der Waals surface area contributed by atoms with Crippen LogP contribution in [-0.4, -0.2) is 9.95 Å².